The average molecular weight is 271 g/mol. The van der Waals surface area contributed by atoms with E-state index in [1.807, 2.05) is 12.1 Å². The lowest BCUT2D eigenvalue weighted by Crippen LogP contribution is -2.15. The second-order valence-electron chi connectivity index (χ2n) is 4.35. The maximum Gasteiger partial charge on any atom is 0.420 e. The zero-order valence-electron chi connectivity index (χ0n) is 10.9. The summed E-state index contributed by atoms with van der Waals surface area (Å²) >= 11 is 0. The van der Waals surface area contributed by atoms with Crippen LogP contribution in [0.3, 0.4) is 0 Å². The molecule has 0 amide bonds. The van der Waals surface area contributed by atoms with E-state index in [-0.39, 0.29) is 0 Å². The van der Waals surface area contributed by atoms with Crippen molar-refractivity contribution in [1.29, 1.82) is 0 Å². The van der Waals surface area contributed by atoms with Gasteiger partial charge in [-0.2, -0.15) is 0 Å². The van der Waals surface area contributed by atoms with Crippen LogP contribution in [-0.4, -0.2) is 16.7 Å². The summed E-state index contributed by atoms with van der Waals surface area (Å²) in [6.07, 6.45) is 0. The molecule has 102 valence electrons. The molecule has 6 nitrogen and oxygen atoms in total. The van der Waals surface area contributed by atoms with E-state index in [0.29, 0.717) is 34.9 Å². The topological polar surface area (TPSA) is 83.3 Å². The van der Waals surface area contributed by atoms with Crippen molar-refractivity contribution >= 4 is 16.8 Å². The normalized spacial score (nSPS) is 10.8. The van der Waals surface area contributed by atoms with Gasteiger partial charge < -0.3 is 14.9 Å². The van der Waals surface area contributed by atoms with Crippen LogP contribution in [0.15, 0.2) is 45.6 Å². The van der Waals surface area contributed by atoms with Crippen molar-refractivity contribution in [2.75, 3.05) is 12.8 Å². The summed E-state index contributed by atoms with van der Waals surface area (Å²) in [5, 5.41) is 0. The largest absolute Gasteiger partial charge is 0.481 e. The highest BCUT2D eigenvalue weighted by molar-refractivity contribution is 5.76. The first-order valence-corrected chi connectivity index (χ1v) is 6.06. The number of methoxy groups -OCH3 is 1. The Kier molecular flexibility index (Phi) is 2.90. The number of fused-ring (bicyclic) bond motifs is 1. The van der Waals surface area contributed by atoms with Gasteiger partial charge in [0.1, 0.15) is 0 Å². The molecule has 0 fully saturated rings. The lowest BCUT2D eigenvalue weighted by molar-refractivity contribution is 0.395. The summed E-state index contributed by atoms with van der Waals surface area (Å²) < 4.78 is 11.8. The quantitative estimate of drug-likeness (QED) is 0.732. The molecule has 0 aliphatic heterocycles. The van der Waals surface area contributed by atoms with Crippen molar-refractivity contribution in [3.8, 4) is 5.88 Å². The molecule has 6 heteroatoms. The molecule has 0 radical (unpaired) electrons. The zero-order valence-corrected chi connectivity index (χ0v) is 10.9. The molecule has 0 unspecified atom stereocenters. The maximum atomic E-state index is 11.9. The van der Waals surface area contributed by atoms with Crippen molar-refractivity contribution < 1.29 is 9.15 Å². The Balaban J connectivity index is 2.06. The number of anilines is 1. The van der Waals surface area contributed by atoms with Gasteiger partial charge in [-0.1, -0.05) is 6.07 Å². The fourth-order valence-electron chi connectivity index (χ4n) is 2.05. The first kappa shape index (κ1) is 12.3. The molecule has 2 heterocycles. The standard InChI is InChI=1S/C14H13N3O3/c1-19-13-4-2-3-10(16-13)8-17-11-6-5-9(15)7-12(11)20-14(17)18/h2-7H,8,15H2,1H3. The second-order valence-corrected chi connectivity index (χ2v) is 4.35. The number of nitrogens with two attached hydrogens (primary N) is 1. The van der Waals surface area contributed by atoms with Crippen LogP contribution in [0.4, 0.5) is 5.69 Å². The van der Waals surface area contributed by atoms with Gasteiger partial charge in [-0.15, -0.1) is 0 Å². The molecule has 2 N–H and O–H groups in total. The number of aromatic nitrogens is 2. The number of ether oxygens (including phenoxy) is 1. The van der Waals surface area contributed by atoms with E-state index in [1.165, 1.54) is 4.57 Å². The summed E-state index contributed by atoms with van der Waals surface area (Å²) in [4.78, 5) is 16.2. The van der Waals surface area contributed by atoms with Crippen LogP contribution in [0.2, 0.25) is 0 Å². The fourth-order valence-corrected chi connectivity index (χ4v) is 2.05. The molecule has 1 aromatic carbocycles. The summed E-state index contributed by atoms with van der Waals surface area (Å²) in [6.45, 7) is 0.312. The molecule has 0 bridgehead atoms. The SMILES string of the molecule is COc1cccc(Cn2c(=O)oc3cc(N)ccc32)n1. The van der Waals surface area contributed by atoms with E-state index in [2.05, 4.69) is 4.98 Å². The number of hydrogen-bond donors (Lipinski definition) is 1. The van der Waals surface area contributed by atoms with Crippen LogP contribution in [0.25, 0.3) is 11.1 Å². The zero-order chi connectivity index (χ0) is 14.1. The molecule has 20 heavy (non-hydrogen) atoms. The highest BCUT2D eigenvalue weighted by Crippen LogP contribution is 2.17. The van der Waals surface area contributed by atoms with Crippen molar-refractivity contribution in [1.82, 2.24) is 9.55 Å². The third-order valence-electron chi connectivity index (χ3n) is 3.00. The Labute approximate surface area is 114 Å². The Morgan fingerprint density at radius 1 is 1.35 bits per heavy atom. The van der Waals surface area contributed by atoms with E-state index < -0.39 is 5.76 Å². The van der Waals surface area contributed by atoms with E-state index in [4.69, 9.17) is 14.9 Å². The van der Waals surface area contributed by atoms with E-state index in [0.717, 1.165) is 0 Å². The maximum absolute atomic E-state index is 11.9. The minimum absolute atomic E-state index is 0.312. The second kappa shape index (κ2) is 4.73. The number of oxazole rings is 1. The van der Waals surface area contributed by atoms with Crippen LogP contribution in [0.1, 0.15) is 5.69 Å². The number of nitrogen functional groups attached to an aromatic ring is 1. The number of pyridine rings is 1. The minimum Gasteiger partial charge on any atom is -0.481 e. The van der Waals surface area contributed by atoms with Gasteiger partial charge in [0, 0.05) is 17.8 Å². The molecule has 0 saturated carbocycles. The molecule has 0 atom stereocenters. The van der Waals surface area contributed by atoms with Gasteiger partial charge in [0.15, 0.2) is 5.58 Å². The van der Waals surface area contributed by atoms with Crippen LogP contribution >= 0.6 is 0 Å². The van der Waals surface area contributed by atoms with E-state index >= 15 is 0 Å². The number of hydrogen-bond acceptors (Lipinski definition) is 5. The summed E-state index contributed by atoms with van der Waals surface area (Å²) in [7, 11) is 1.55. The Bertz CT molecular complexity index is 820. The lowest BCUT2D eigenvalue weighted by atomic mass is 10.3. The van der Waals surface area contributed by atoms with Crippen LogP contribution in [0.5, 0.6) is 5.88 Å². The third kappa shape index (κ3) is 2.11. The lowest BCUT2D eigenvalue weighted by Gasteiger charge is -2.04. The highest BCUT2D eigenvalue weighted by atomic mass is 16.5. The minimum atomic E-state index is -0.435. The molecular formula is C14H13N3O3. The summed E-state index contributed by atoms with van der Waals surface area (Å²) in [5.41, 5.74) is 8.10. The van der Waals surface area contributed by atoms with Crippen LogP contribution in [0, 0.1) is 0 Å². The van der Waals surface area contributed by atoms with Gasteiger partial charge in [-0.25, -0.2) is 9.78 Å². The predicted octanol–water partition coefficient (Wildman–Crippen LogP) is 1.63. The molecule has 3 aromatic rings. The van der Waals surface area contributed by atoms with Gasteiger partial charge >= 0.3 is 5.76 Å². The van der Waals surface area contributed by atoms with Crippen LogP contribution in [-0.2, 0) is 6.54 Å². The van der Waals surface area contributed by atoms with Crippen LogP contribution < -0.4 is 16.2 Å². The Hall–Kier alpha value is -2.76. The summed E-state index contributed by atoms with van der Waals surface area (Å²) in [6, 6.07) is 10.5. The van der Waals surface area contributed by atoms with Gasteiger partial charge in [0.2, 0.25) is 5.88 Å². The third-order valence-corrected chi connectivity index (χ3v) is 3.00. The Morgan fingerprint density at radius 2 is 2.20 bits per heavy atom. The van der Waals surface area contributed by atoms with Gasteiger partial charge in [0.25, 0.3) is 0 Å². The molecule has 2 aromatic heterocycles. The van der Waals surface area contributed by atoms with Crippen molar-refractivity contribution in [2.24, 2.45) is 0 Å². The number of rotatable bonds is 3. The smallest absolute Gasteiger partial charge is 0.420 e. The van der Waals surface area contributed by atoms with Crippen molar-refractivity contribution in [2.45, 2.75) is 6.54 Å². The fraction of sp³-hybridized carbons (Fsp3) is 0.143. The van der Waals surface area contributed by atoms with Gasteiger partial charge in [-0.05, 0) is 18.2 Å². The first-order valence-electron chi connectivity index (χ1n) is 6.06. The molecule has 0 aliphatic rings. The number of benzene rings is 1. The van der Waals surface area contributed by atoms with E-state index in [1.54, 1.807) is 31.4 Å². The monoisotopic (exact) mass is 271 g/mol. The summed E-state index contributed by atoms with van der Waals surface area (Å²) in [5.74, 6) is 0.0720. The molecular weight excluding hydrogens is 258 g/mol. The van der Waals surface area contributed by atoms with Gasteiger partial charge in [0.05, 0.1) is 24.9 Å². The van der Waals surface area contributed by atoms with Crippen molar-refractivity contribution in [3.05, 3.63) is 52.6 Å². The molecule has 3 rings (SSSR count). The number of nitrogens with zero attached hydrogens (tertiary/aromatic N) is 2. The van der Waals surface area contributed by atoms with Gasteiger partial charge in [-0.3, -0.25) is 4.57 Å². The average Bonchev–Trinajstić information content (AvgIpc) is 2.74. The molecule has 0 aliphatic carbocycles. The molecule has 0 saturated heterocycles. The molecule has 0 spiro atoms. The predicted molar refractivity (Wildman–Crippen MR) is 74.8 cm³/mol. The van der Waals surface area contributed by atoms with E-state index in [9.17, 15) is 4.79 Å². The Morgan fingerprint density at radius 3 is 3.00 bits per heavy atom. The van der Waals surface area contributed by atoms with Crippen molar-refractivity contribution in [3.63, 3.8) is 0 Å². The first-order chi connectivity index (χ1) is 9.67. The highest BCUT2D eigenvalue weighted by Gasteiger charge is 2.10.